The molecule has 3 N–H and O–H groups in total. The zero-order valence-electron chi connectivity index (χ0n) is 29.0. The average Bonchev–Trinajstić information content (AvgIpc) is 3.47. The summed E-state index contributed by atoms with van der Waals surface area (Å²) >= 11 is 0. The third-order valence-electron chi connectivity index (χ3n) is 8.53. The van der Waals surface area contributed by atoms with Crippen molar-refractivity contribution < 1.29 is 45.8 Å². The molecule has 0 aliphatic heterocycles. The van der Waals surface area contributed by atoms with Crippen molar-refractivity contribution >= 4 is 28.8 Å². The molecule has 5 aromatic rings. The number of carboxylic acid groups (broad SMARTS) is 1. The number of para-hydroxylation sites is 1. The van der Waals surface area contributed by atoms with Crippen LogP contribution >= 0.6 is 0 Å². The molecule has 0 saturated carbocycles. The van der Waals surface area contributed by atoms with E-state index in [0.717, 1.165) is 27.9 Å². The van der Waals surface area contributed by atoms with E-state index in [-0.39, 0.29) is 18.9 Å². The number of aromatic nitrogens is 1. The Kier molecular flexibility index (Phi) is 12.7. The molecule has 0 fully saturated rings. The first-order chi connectivity index (χ1) is 24.9. The Bertz CT molecular complexity index is 1960. The van der Waals surface area contributed by atoms with Crippen molar-refractivity contribution in [3.8, 4) is 0 Å². The summed E-state index contributed by atoms with van der Waals surface area (Å²) < 4.78 is 81.8. The Labute approximate surface area is 302 Å². The SMILES string of the molecule is CN(C(=O)c1cc(C(F)(F)F)cc(C(F)(F)F)c1)C(CCC(=O)O)C(c1ccccc1)c1ccccc1.CN(C)Cc1cn(C(N)=O)c2ccccc12. The maximum Gasteiger partial charge on any atom is 0.416 e. The van der Waals surface area contributed by atoms with Crippen LogP contribution in [0.25, 0.3) is 10.9 Å². The molecule has 0 bridgehead atoms. The van der Waals surface area contributed by atoms with Crippen LogP contribution in [-0.4, -0.2) is 64.6 Å². The van der Waals surface area contributed by atoms with Crippen molar-refractivity contribution in [2.45, 2.75) is 43.7 Å². The van der Waals surface area contributed by atoms with Crippen molar-refractivity contribution in [1.29, 1.82) is 0 Å². The van der Waals surface area contributed by atoms with Crippen LogP contribution < -0.4 is 5.73 Å². The van der Waals surface area contributed by atoms with Gasteiger partial charge in [0.25, 0.3) is 5.91 Å². The minimum atomic E-state index is -5.12. The molecule has 1 heterocycles. The number of carboxylic acids is 1. The number of carbonyl (C=O) groups excluding carboxylic acids is 2. The predicted octanol–water partition coefficient (Wildman–Crippen LogP) is 8.49. The van der Waals surface area contributed by atoms with E-state index in [1.165, 1.54) is 11.6 Å². The van der Waals surface area contributed by atoms with Gasteiger partial charge in [-0.1, -0.05) is 78.9 Å². The summed E-state index contributed by atoms with van der Waals surface area (Å²) in [6, 6.07) is 24.7. The first-order valence-electron chi connectivity index (χ1n) is 16.3. The smallest absolute Gasteiger partial charge is 0.416 e. The van der Waals surface area contributed by atoms with E-state index in [1.807, 2.05) is 44.6 Å². The van der Waals surface area contributed by atoms with Gasteiger partial charge >= 0.3 is 24.4 Å². The number of benzene rings is 4. The standard InChI is InChI=1S/C27H23F6NO3.C12H15N3O/c1-34(25(37)19-14-20(26(28,29)30)16-21(15-19)27(31,32)33)22(12-13-23(35)36)24(17-8-4-2-5-9-17)18-10-6-3-7-11-18;1-14(2)7-9-8-15(12(13)16)11-6-4-3-5-10(9)11/h2-11,14-16,22,24H,12-13H2,1H3,(H,35,36);3-6,8H,7H2,1-2H3,(H2,13,16). The second kappa shape index (κ2) is 16.8. The van der Waals surface area contributed by atoms with Gasteiger partial charge in [-0.25, -0.2) is 4.79 Å². The van der Waals surface area contributed by atoms with Gasteiger partial charge in [0.2, 0.25) is 0 Å². The van der Waals surface area contributed by atoms with Crippen molar-refractivity contribution in [3.63, 3.8) is 0 Å². The lowest BCUT2D eigenvalue weighted by atomic mass is 9.82. The molecular formula is C39H38F6N4O4. The third kappa shape index (κ3) is 10.3. The lowest BCUT2D eigenvalue weighted by molar-refractivity contribution is -0.143. The van der Waals surface area contributed by atoms with Crippen molar-refractivity contribution in [1.82, 2.24) is 14.4 Å². The highest BCUT2D eigenvalue weighted by molar-refractivity contribution is 5.95. The maximum absolute atomic E-state index is 13.4. The molecule has 0 radical (unpaired) electrons. The van der Waals surface area contributed by atoms with E-state index >= 15 is 0 Å². The lowest BCUT2D eigenvalue weighted by Gasteiger charge is -2.35. The number of primary amides is 1. The quantitative estimate of drug-likeness (QED) is 0.140. The first-order valence-corrected chi connectivity index (χ1v) is 16.3. The second-order valence-corrected chi connectivity index (χ2v) is 12.6. The summed E-state index contributed by atoms with van der Waals surface area (Å²) in [6.45, 7) is 0.792. The lowest BCUT2D eigenvalue weighted by Crippen LogP contribution is -2.42. The highest BCUT2D eigenvalue weighted by Crippen LogP contribution is 2.38. The molecule has 8 nitrogen and oxygen atoms in total. The number of aliphatic carboxylic acids is 1. The number of hydrogen-bond acceptors (Lipinski definition) is 4. The van der Waals surface area contributed by atoms with Gasteiger partial charge in [-0.05, 0) is 61.5 Å². The normalized spacial score (nSPS) is 12.4. The molecule has 14 heteroatoms. The van der Waals surface area contributed by atoms with Gasteiger partial charge in [0.05, 0.1) is 16.6 Å². The van der Waals surface area contributed by atoms with Crippen LogP contribution in [0.3, 0.4) is 0 Å². The van der Waals surface area contributed by atoms with Gasteiger partial charge in [-0.15, -0.1) is 0 Å². The van der Waals surface area contributed by atoms with E-state index in [0.29, 0.717) is 23.3 Å². The number of carbonyl (C=O) groups is 3. The van der Waals surface area contributed by atoms with E-state index in [2.05, 4.69) is 4.90 Å². The number of rotatable bonds is 10. The fourth-order valence-corrected chi connectivity index (χ4v) is 6.14. The highest BCUT2D eigenvalue weighted by Gasteiger charge is 2.39. The Morgan fingerprint density at radius 3 is 1.70 bits per heavy atom. The topological polar surface area (TPSA) is 109 Å². The highest BCUT2D eigenvalue weighted by atomic mass is 19.4. The van der Waals surface area contributed by atoms with Crippen LogP contribution in [-0.2, 0) is 23.7 Å². The van der Waals surface area contributed by atoms with Gasteiger partial charge in [0.15, 0.2) is 0 Å². The maximum atomic E-state index is 13.4. The summed E-state index contributed by atoms with van der Waals surface area (Å²) in [4.78, 5) is 39.2. The van der Waals surface area contributed by atoms with Crippen LogP contribution in [0.2, 0.25) is 0 Å². The molecule has 4 aromatic carbocycles. The number of hydrogen-bond donors (Lipinski definition) is 2. The molecule has 1 aromatic heterocycles. The van der Waals surface area contributed by atoms with E-state index in [4.69, 9.17) is 5.73 Å². The zero-order valence-corrected chi connectivity index (χ0v) is 29.0. The minimum absolute atomic E-state index is 0.0462. The summed E-state index contributed by atoms with van der Waals surface area (Å²) in [5.41, 5.74) is 4.69. The van der Waals surface area contributed by atoms with Gasteiger partial charge in [0, 0.05) is 49.1 Å². The predicted molar refractivity (Wildman–Crippen MR) is 188 cm³/mol. The largest absolute Gasteiger partial charge is 0.481 e. The molecule has 0 saturated heterocycles. The van der Waals surface area contributed by atoms with Crippen LogP contribution in [0.4, 0.5) is 31.1 Å². The Hall–Kier alpha value is -5.63. The van der Waals surface area contributed by atoms with Gasteiger partial charge in [-0.3, -0.25) is 14.2 Å². The Morgan fingerprint density at radius 1 is 0.755 bits per heavy atom. The van der Waals surface area contributed by atoms with E-state index < -0.39 is 58.9 Å². The van der Waals surface area contributed by atoms with Crippen LogP contribution in [0.1, 0.15) is 56.9 Å². The van der Waals surface area contributed by atoms with Crippen molar-refractivity contribution in [2.75, 3.05) is 21.1 Å². The van der Waals surface area contributed by atoms with E-state index in [9.17, 15) is 45.8 Å². The first kappa shape index (κ1) is 40.1. The molecule has 5 rings (SSSR count). The average molecular weight is 741 g/mol. The number of halogens is 6. The molecule has 0 spiro atoms. The Balaban J connectivity index is 0.000000324. The van der Waals surface area contributed by atoms with Gasteiger partial charge < -0.3 is 20.6 Å². The summed E-state index contributed by atoms with van der Waals surface area (Å²) in [5, 5.41) is 10.4. The Morgan fingerprint density at radius 2 is 1.25 bits per heavy atom. The molecule has 2 amide bonds. The zero-order chi connectivity index (χ0) is 39.1. The molecule has 53 heavy (non-hydrogen) atoms. The molecular weight excluding hydrogens is 702 g/mol. The molecule has 280 valence electrons. The fraction of sp³-hybridized carbons (Fsp3) is 0.256. The number of amides is 2. The molecule has 1 unspecified atom stereocenters. The van der Waals surface area contributed by atoms with Gasteiger partial charge in [0.1, 0.15) is 0 Å². The van der Waals surface area contributed by atoms with E-state index in [1.54, 1.807) is 60.7 Å². The number of alkyl halides is 6. The van der Waals surface area contributed by atoms with Crippen molar-refractivity contribution in [3.05, 3.63) is 143 Å². The monoisotopic (exact) mass is 740 g/mol. The van der Waals surface area contributed by atoms with Crippen LogP contribution in [0.15, 0.2) is 109 Å². The third-order valence-corrected chi connectivity index (χ3v) is 8.53. The summed E-state index contributed by atoms with van der Waals surface area (Å²) in [7, 11) is 5.24. The second-order valence-electron chi connectivity index (χ2n) is 12.6. The van der Waals surface area contributed by atoms with Gasteiger partial charge in [-0.2, -0.15) is 26.3 Å². The number of nitrogens with zero attached hydrogens (tertiary/aromatic N) is 3. The molecule has 0 aliphatic carbocycles. The number of likely N-dealkylation sites (N-methyl/N-ethyl adjacent to an activating group) is 1. The molecule has 1 atom stereocenters. The summed E-state index contributed by atoms with van der Waals surface area (Å²) in [6.07, 6.45) is -8.90. The summed E-state index contributed by atoms with van der Waals surface area (Å²) in [5.74, 6) is -2.86. The fourth-order valence-electron chi connectivity index (χ4n) is 6.14. The van der Waals surface area contributed by atoms with Crippen molar-refractivity contribution in [2.24, 2.45) is 5.73 Å². The number of nitrogens with two attached hydrogens (primary N) is 1. The van der Waals surface area contributed by atoms with Crippen LogP contribution in [0, 0.1) is 0 Å². The van der Waals surface area contributed by atoms with Crippen LogP contribution in [0.5, 0.6) is 0 Å². The minimum Gasteiger partial charge on any atom is -0.481 e. The molecule has 0 aliphatic rings. The number of fused-ring (bicyclic) bond motifs is 1.